The molecule has 1 amide bonds. The molecule has 2 aromatic carbocycles. The molecule has 0 radical (unpaired) electrons. The molecule has 3 rings (SSSR count). The number of anilines is 1. The molecule has 0 bridgehead atoms. The molecule has 0 saturated heterocycles. The second-order valence-corrected chi connectivity index (χ2v) is 4.67. The van der Waals surface area contributed by atoms with Crippen molar-refractivity contribution in [3.8, 4) is 11.5 Å². The van der Waals surface area contributed by atoms with Gasteiger partial charge in [0.15, 0.2) is 11.5 Å². The molecule has 6 heteroatoms. The minimum atomic E-state index is -0.269. The number of methoxy groups -OCH3 is 2. The molecule has 0 unspecified atom stereocenters. The zero-order valence-corrected chi connectivity index (χ0v) is 12.2. The number of nitrogens with one attached hydrogen (secondary N) is 2. The van der Waals surface area contributed by atoms with E-state index in [1.165, 1.54) is 14.2 Å². The van der Waals surface area contributed by atoms with Crippen LogP contribution in [-0.4, -0.2) is 30.3 Å². The average Bonchev–Trinajstić information content (AvgIpc) is 3.01. The second-order valence-electron chi connectivity index (χ2n) is 4.67. The van der Waals surface area contributed by atoms with E-state index in [0.29, 0.717) is 22.7 Å². The van der Waals surface area contributed by atoms with Gasteiger partial charge in [0.25, 0.3) is 5.91 Å². The van der Waals surface area contributed by atoms with Crippen LogP contribution in [-0.2, 0) is 0 Å². The molecule has 3 aromatic rings. The number of hydrogen-bond donors (Lipinski definition) is 2. The number of aromatic nitrogens is 2. The molecule has 1 aromatic heterocycles. The SMILES string of the molecule is COc1cccc(C(=O)Nc2ccc3cn[nH]c3c2)c1OC. The maximum atomic E-state index is 12.5. The Morgan fingerprint density at radius 3 is 2.82 bits per heavy atom. The van der Waals surface area contributed by atoms with Crippen LogP contribution >= 0.6 is 0 Å². The predicted octanol–water partition coefficient (Wildman–Crippen LogP) is 2.83. The van der Waals surface area contributed by atoms with Gasteiger partial charge in [0.1, 0.15) is 0 Å². The number of amides is 1. The summed E-state index contributed by atoms with van der Waals surface area (Å²) >= 11 is 0. The largest absolute Gasteiger partial charge is 0.493 e. The van der Waals surface area contributed by atoms with Gasteiger partial charge in [-0.15, -0.1) is 0 Å². The molecule has 0 aliphatic heterocycles. The van der Waals surface area contributed by atoms with E-state index in [9.17, 15) is 4.79 Å². The van der Waals surface area contributed by atoms with Crippen molar-refractivity contribution in [3.63, 3.8) is 0 Å². The summed E-state index contributed by atoms with van der Waals surface area (Å²) in [6.07, 6.45) is 1.73. The molecule has 0 spiro atoms. The van der Waals surface area contributed by atoms with E-state index < -0.39 is 0 Å². The first-order chi connectivity index (χ1) is 10.7. The van der Waals surface area contributed by atoms with E-state index in [-0.39, 0.29) is 5.91 Å². The highest BCUT2D eigenvalue weighted by molar-refractivity contribution is 6.07. The van der Waals surface area contributed by atoms with Crippen molar-refractivity contribution < 1.29 is 14.3 Å². The number of fused-ring (bicyclic) bond motifs is 1. The van der Waals surface area contributed by atoms with Crippen molar-refractivity contribution in [2.75, 3.05) is 19.5 Å². The fourth-order valence-electron chi connectivity index (χ4n) is 2.28. The van der Waals surface area contributed by atoms with Crippen molar-refractivity contribution in [2.24, 2.45) is 0 Å². The smallest absolute Gasteiger partial charge is 0.259 e. The number of rotatable bonds is 4. The van der Waals surface area contributed by atoms with Gasteiger partial charge in [-0.25, -0.2) is 0 Å². The lowest BCUT2D eigenvalue weighted by atomic mass is 10.1. The monoisotopic (exact) mass is 297 g/mol. The van der Waals surface area contributed by atoms with Gasteiger partial charge in [-0.2, -0.15) is 5.10 Å². The Balaban J connectivity index is 1.91. The third-order valence-electron chi connectivity index (χ3n) is 3.35. The Hall–Kier alpha value is -3.02. The van der Waals surface area contributed by atoms with Crippen LogP contribution in [0.25, 0.3) is 10.9 Å². The Morgan fingerprint density at radius 1 is 1.18 bits per heavy atom. The highest BCUT2D eigenvalue weighted by Gasteiger charge is 2.16. The number of aromatic amines is 1. The van der Waals surface area contributed by atoms with Crippen molar-refractivity contribution in [2.45, 2.75) is 0 Å². The quantitative estimate of drug-likeness (QED) is 0.776. The second kappa shape index (κ2) is 5.77. The minimum Gasteiger partial charge on any atom is -0.493 e. The lowest BCUT2D eigenvalue weighted by Crippen LogP contribution is -2.13. The Kier molecular flexibility index (Phi) is 3.65. The minimum absolute atomic E-state index is 0.269. The fraction of sp³-hybridized carbons (Fsp3) is 0.125. The molecule has 6 nitrogen and oxygen atoms in total. The molecule has 0 aliphatic carbocycles. The van der Waals surface area contributed by atoms with Gasteiger partial charge in [-0.05, 0) is 30.3 Å². The predicted molar refractivity (Wildman–Crippen MR) is 83.6 cm³/mol. The maximum Gasteiger partial charge on any atom is 0.259 e. The number of ether oxygens (including phenoxy) is 2. The van der Waals surface area contributed by atoms with E-state index in [4.69, 9.17) is 9.47 Å². The first-order valence-electron chi connectivity index (χ1n) is 6.68. The molecule has 0 saturated carbocycles. The average molecular weight is 297 g/mol. The van der Waals surface area contributed by atoms with Crippen molar-refractivity contribution in [3.05, 3.63) is 48.2 Å². The molecule has 0 fully saturated rings. The van der Waals surface area contributed by atoms with Crippen LogP contribution < -0.4 is 14.8 Å². The highest BCUT2D eigenvalue weighted by atomic mass is 16.5. The molecule has 0 atom stereocenters. The number of para-hydroxylation sites is 1. The van der Waals surface area contributed by atoms with E-state index >= 15 is 0 Å². The fourth-order valence-corrected chi connectivity index (χ4v) is 2.28. The maximum absolute atomic E-state index is 12.5. The number of carbonyl (C=O) groups excluding carboxylic acids is 1. The highest BCUT2D eigenvalue weighted by Crippen LogP contribution is 2.31. The first kappa shape index (κ1) is 13.9. The van der Waals surface area contributed by atoms with Crippen LogP contribution in [0.3, 0.4) is 0 Å². The number of carbonyl (C=O) groups is 1. The topological polar surface area (TPSA) is 76.2 Å². The molecule has 2 N–H and O–H groups in total. The molecular formula is C16H15N3O3. The molecule has 1 heterocycles. The van der Waals surface area contributed by atoms with Crippen LogP contribution in [0.4, 0.5) is 5.69 Å². The summed E-state index contributed by atoms with van der Waals surface area (Å²) in [5, 5.41) is 10.7. The number of benzene rings is 2. The van der Waals surface area contributed by atoms with Crippen LogP contribution in [0, 0.1) is 0 Å². The summed E-state index contributed by atoms with van der Waals surface area (Å²) in [6.45, 7) is 0. The third-order valence-corrected chi connectivity index (χ3v) is 3.35. The Bertz CT molecular complexity index is 826. The Labute approximate surface area is 127 Å². The molecular weight excluding hydrogens is 282 g/mol. The summed E-state index contributed by atoms with van der Waals surface area (Å²) in [5.41, 5.74) is 1.94. The Morgan fingerprint density at radius 2 is 2.05 bits per heavy atom. The standard InChI is InChI=1S/C16H15N3O3/c1-21-14-5-3-4-12(15(14)22-2)16(20)18-11-7-6-10-9-17-19-13(10)8-11/h3-9H,1-2H3,(H,17,19)(H,18,20). The lowest BCUT2D eigenvalue weighted by molar-refractivity contribution is 0.102. The van der Waals surface area contributed by atoms with E-state index in [0.717, 1.165) is 10.9 Å². The van der Waals surface area contributed by atoms with E-state index in [1.54, 1.807) is 24.4 Å². The number of H-pyrrole nitrogens is 1. The molecule has 112 valence electrons. The van der Waals surface area contributed by atoms with Crippen LogP contribution in [0.1, 0.15) is 10.4 Å². The number of hydrogen-bond acceptors (Lipinski definition) is 4. The zero-order chi connectivity index (χ0) is 15.5. The van der Waals surface area contributed by atoms with Gasteiger partial charge in [-0.3, -0.25) is 9.89 Å². The number of nitrogens with zero attached hydrogens (tertiary/aromatic N) is 1. The van der Waals surface area contributed by atoms with Gasteiger partial charge in [0.2, 0.25) is 0 Å². The van der Waals surface area contributed by atoms with Crippen molar-refractivity contribution >= 4 is 22.5 Å². The molecule has 0 aliphatic rings. The van der Waals surface area contributed by atoms with Gasteiger partial charge in [0.05, 0.1) is 31.5 Å². The van der Waals surface area contributed by atoms with Crippen molar-refractivity contribution in [1.29, 1.82) is 0 Å². The van der Waals surface area contributed by atoms with Gasteiger partial charge in [-0.1, -0.05) is 6.07 Å². The van der Waals surface area contributed by atoms with Crippen LogP contribution in [0.2, 0.25) is 0 Å². The summed E-state index contributed by atoms with van der Waals surface area (Å²) in [6, 6.07) is 10.7. The summed E-state index contributed by atoms with van der Waals surface area (Å²) < 4.78 is 10.5. The summed E-state index contributed by atoms with van der Waals surface area (Å²) in [5.74, 6) is 0.652. The zero-order valence-electron chi connectivity index (χ0n) is 12.2. The van der Waals surface area contributed by atoms with E-state index in [1.807, 2.05) is 18.2 Å². The third kappa shape index (κ3) is 2.46. The van der Waals surface area contributed by atoms with Gasteiger partial charge >= 0.3 is 0 Å². The van der Waals surface area contributed by atoms with E-state index in [2.05, 4.69) is 15.5 Å². The molecule has 22 heavy (non-hydrogen) atoms. The normalized spacial score (nSPS) is 10.5. The van der Waals surface area contributed by atoms with Gasteiger partial charge < -0.3 is 14.8 Å². The van der Waals surface area contributed by atoms with Crippen LogP contribution in [0.5, 0.6) is 11.5 Å². The van der Waals surface area contributed by atoms with Gasteiger partial charge in [0, 0.05) is 11.1 Å². The van der Waals surface area contributed by atoms with Crippen molar-refractivity contribution in [1.82, 2.24) is 10.2 Å². The summed E-state index contributed by atoms with van der Waals surface area (Å²) in [7, 11) is 3.04. The summed E-state index contributed by atoms with van der Waals surface area (Å²) in [4.78, 5) is 12.5. The first-order valence-corrected chi connectivity index (χ1v) is 6.68. The lowest BCUT2D eigenvalue weighted by Gasteiger charge is -2.12. The van der Waals surface area contributed by atoms with Crippen LogP contribution in [0.15, 0.2) is 42.6 Å².